The molecule has 5 nitrogen and oxygen atoms in total. The average Bonchev–Trinajstić information content (AvgIpc) is 2.38. The van der Waals surface area contributed by atoms with E-state index in [4.69, 9.17) is 4.74 Å². The molecular weight excluding hydrogens is 264 g/mol. The smallest absolute Gasteiger partial charge is 0.243 e. The summed E-state index contributed by atoms with van der Waals surface area (Å²) in [6.07, 6.45) is 0. The van der Waals surface area contributed by atoms with Gasteiger partial charge in [-0.25, -0.2) is 8.42 Å². The quantitative estimate of drug-likeness (QED) is 0.816. The molecule has 0 unspecified atom stereocenters. The Morgan fingerprint density at radius 1 is 1.26 bits per heavy atom. The van der Waals surface area contributed by atoms with Crippen LogP contribution in [-0.4, -0.2) is 53.1 Å². The highest BCUT2D eigenvalue weighted by molar-refractivity contribution is 7.89. The summed E-state index contributed by atoms with van der Waals surface area (Å²) < 4.78 is 31.9. The fourth-order valence-corrected chi connectivity index (χ4v) is 3.93. The fraction of sp³-hybridized carbons (Fsp3) is 0.538. The molecule has 0 spiro atoms. The lowest BCUT2D eigenvalue weighted by molar-refractivity contribution is -0.883. The van der Waals surface area contributed by atoms with Crippen molar-refractivity contribution in [2.24, 2.45) is 0 Å². The molecule has 0 atom stereocenters. The Morgan fingerprint density at radius 2 is 1.89 bits per heavy atom. The van der Waals surface area contributed by atoms with Gasteiger partial charge in [0.1, 0.15) is 5.75 Å². The Labute approximate surface area is 114 Å². The first-order chi connectivity index (χ1) is 8.95. The van der Waals surface area contributed by atoms with Crippen molar-refractivity contribution in [1.82, 2.24) is 4.31 Å². The minimum absolute atomic E-state index is 0.382. The van der Waals surface area contributed by atoms with Crippen molar-refractivity contribution in [3.05, 3.63) is 23.8 Å². The molecule has 0 aliphatic carbocycles. The van der Waals surface area contributed by atoms with Gasteiger partial charge in [-0.05, 0) is 30.7 Å². The van der Waals surface area contributed by atoms with Gasteiger partial charge < -0.3 is 9.64 Å². The van der Waals surface area contributed by atoms with Crippen LogP contribution in [0, 0.1) is 6.92 Å². The van der Waals surface area contributed by atoms with E-state index in [0.29, 0.717) is 23.7 Å². The maximum atomic E-state index is 12.6. The van der Waals surface area contributed by atoms with Gasteiger partial charge in [-0.15, -0.1) is 0 Å². The maximum absolute atomic E-state index is 12.6. The highest BCUT2D eigenvalue weighted by Crippen LogP contribution is 2.23. The number of hydrogen-bond acceptors (Lipinski definition) is 3. The Hall–Kier alpha value is -1.11. The number of methoxy groups -OCH3 is 1. The molecule has 2 rings (SSSR count). The predicted octanol–water partition coefficient (Wildman–Crippen LogP) is -0.477. The Bertz CT molecular complexity index is 549. The van der Waals surface area contributed by atoms with Gasteiger partial charge in [-0.2, -0.15) is 4.31 Å². The van der Waals surface area contributed by atoms with Crippen molar-refractivity contribution < 1.29 is 18.1 Å². The van der Waals surface area contributed by atoms with Crippen LogP contribution >= 0.6 is 0 Å². The molecule has 1 aromatic carbocycles. The number of piperazine rings is 1. The van der Waals surface area contributed by atoms with Gasteiger partial charge in [0, 0.05) is 0 Å². The largest absolute Gasteiger partial charge is 0.497 e. The van der Waals surface area contributed by atoms with Crippen molar-refractivity contribution in [2.45, 2.75) is 11.8 Å². The number of ether oxygens (including phenoxy) is 1. The first-order valence-corrected chi connectivity index (χ1v) is 7.85. The molecule has 1 N–H and O–H groups in total. The Morgan fingerprint density at radius 3 is 2.42 bits per heavy atom. The van der Waals surface area contributed by atoms with Gasteiger partial charge in [0.15, 0.2) is 0 Å². The average molecular weight is 285 g/mol. The van der Waals surface area contributed by atoms with Gasteiger partial charge in [0.05, 0.1) is 45.2 Å². The van der Waals surface area contributed by atoms with Gasteiger partial charge >= 0.3 is 0 Å². The number of benzene rings is 1. The summed E-state index contributed by atoms with van der Waals surface area (Å²) in [5.41, 5.74) is 0.727. The van der Waals surface area contributed by atoms with E-state index in [0.717, 1.165) is 18.7 Å². The summed E-state index contributed by atoms with van der Waals surface area (Å²) in [7, 11) is 0.285. The molecule has 1 fully saturated rings. The van der Waals surface area contributed by atoms with Crippen LogP contribution in [0.2, 0.25) is 0 Å². The number of nitrogens with one attached hydrogen (secondary N) is 1. The van der Waals surface area contributed by atoms with Crippen LogP contribution in [0.5, 0.6) is 5.75 Å². The minimum atomic E-state index is -3.38. The van der Waals surface area contributed by atoms with Crippen LogP contribution in [0.15, 0.2) is 23.1 Å². The number of quaternary nitrogens is 1. The molecule has 1 aliphatic heterocycles. The van der Waals surface area contributed by atoms with E-state index in [1.54, 1.807) is 36.5 Å². The van der Waals surface area contributed by atoms with E-state index >= 15 is 0 Å². The summed E-state index contributed by atoms with van der Waals surface area (Å²) in [6, 6.07) is 5.09. The molecule has 1 saturated heterocycles. The number of likely N-dealkylation sites (N-methyl/N-ethyl adjacent to an activating group) is 1. The first-order valence-electron chi connectivity index (χ1n) is 6.41. The summed E-state index contributed by atoms with van der Waals surface area (Å²) in [4.78, 5) is 1.76. The number of hydrogen-bond donors (Lipinski definition) is 1. The van der Waals surface area contributed by atoms with Crippen LogP contribution in [0.25, 0.3) is 0 Å². The molecule has 6 heteroatoms. The van der Waals surface area contributed by atoms with Crippen LogP contribution in [0.1, 0.15) is 5.56 Å². The van der Waals surface area contributed by atoms with E-state index in [9.17, 15) is 8.42 Å². The Balaban J connectivity index is 2.29. The van der Waals surface area contributed by atoms with Crippen molar-refractivity contribution in [2.75, 3.05) is 40.3 Å². The molecule has 0 saturated carbocycles. The normalized spacial score (nSPS) is 18.5. The first kappa shape index (κ1) is 14.3. The van der Waals surface area contributed by atoms with Crippen LogP contribution < -0.4 is 9.64 Å². The zero-order valence-electron chi connectivity index (χ0n) is 11.6. The second-order valence-corrected chi connectivity index (χ2v) is 6.90. The number of aryl methyl sites for hydroxylation is 1. The second-order valence-electron chi connectivity index (χ2n) is 4.99. The highest BCUT2D eigenvalue weighted by Gasteiger charge is 2.30. The minimum Gasteiger partial charge on any atom is -0.497 e. The molecule has 19 heavy (non-hydrogen) atoms. The number of nitrogens with zero attached hydrogens (tertiary/aromatic N) is 1. The van der Waals surface area contributed by atoms with Crippen LogP contribution in [0.3, 0.4) is 0 Å². The standard InChI is InChI=1S/C13H20N2O3S/c1-11-10-12(18-3)4-5-13(11)19(16,17)15-8-6-14(2)7-9-15/h4-5,10H,6-9H2,1-3H3/p+1. The molecule has 106 valence electrons. The summed E-state index contributed by atoms with van der Waals surface area (Å²) in [5.74, 6) is 0.680. The molecule has 1 heterocycles. The molecule has 1 aliphatic rings. The lowest BCUT2D eigenvalue weighted by Gasteiger charge is -2.29. The van der Waals surface area contributed by atoms with Gasteiger partial charge in [0.2, 0.25) is 10.0 Å². The van der Waals surface area contributed by atoms with E-state index in [1.165, 1.54) is 4.90 Å². The Kier molecular flexibility index (Phi) is 4.13. The van der Waals surface area contributed by atoms with E-state index < -0.39 is 10.0 Å². The summed E-state index contributed by atoms with van der Waals surface area (Å²) in [5, 5.41) is 0. The van der Waals surface area contributed by atoms with E-state index in [1.807, 2.05) is 0 Å². The zero-order chi connectivity index (χ0) is 14.0. The second kappa shape index (κ2) is 5.48. The molecule has 0 amide bonds. The monoisotopic (exact) mass is 285 g/mol. The van der Waals surface area contributed by atoms with Crippen molar-refractivity contribution >= 4 is 10.0 Å². The maximum Gasteiger partial charge on any atom is 0.243 e. The van der Waals surface area contributed by atoms with Gasteiger partial charge in [-0.3, -0.25) is 0 Å². The van der Waals surface area contributed by atoms with Crippen molar-refractivity contribution in [1.29, 1.82) is 0 Å². The molecular formula is C13H21N2O3S+. The van der Waals surface area contributed by atoms with E-state index in [-0.39, 0.29) is 0 Å². The summed E-state index contributed by atoms with van der Waals surface area (Å²) in [6.45, 7) is 4.68. The lowest BCUT2D eigenvalue weighted by atomic mass is 10.2. The molecule has 1 aromatic rings. The lowest BCUT2D eigenvalue weighted by Crippen LogP contribution is -3.12. The molecule has 0 aromatic heterocycles. The fourth-order valence-electron chi connectivity index (χ4n) is 2.29. The van der Waals surface area contributed by atoms with Gasteiger partial charge in [0.25, 0.3) is 0 Å². The van der Waals surface area contributed by atoms with E-state index in [2.05, 4.69) is 7.05 Å². The SMILES string of the molecule is COc1ccc(S(=O)(=O)N2CC[NH+](C)CC2)c(C)c1. The van der Waals surface area contributed by atoms with Crippen LogP contribution in [-0.2, 0) is 10.0 Å². The summed E-state index contributed by atoms with van der Waals surface area (Å²) >= 11 is 0. The third kappa shape index (κ3) is 2.91. The zero-order valence-corrected chi connectivity index (χ0v) is 12.5. The third-order valence-electron chi connectivity index (χ3n) is 3.58. The van der Waals surface area contributed by atoms with Gasteiger partial charge in [-0.1, -0.05) is 0 Å². The highest BCUT2D eigenvalue weighted by atomic mass is 32.2. The van der Waals surface area contributed by atoms with Crippen LogP contribution in [0.4, 0.5) is 0 Å². The van der Waals surface area contributed by atoms with Crippen molar-refractivity contribution in [3.8, 4) is 5.75 Å². The molecule has 0 bridgehead atoms. The number of sulfonamides is 1. The topological polar surface area (TPSA) is 51.1 Å². The van der Waals surface area contributed by atoms with Crippen molar-refractivity contribution in [3.63, 3.8) is 0 Å². The molecule has 0 radical (unpaired) electrons. The number of rotatable bonds is 3. The third-order valence-corrected chi connectivity index (χ3v) is 5.63. The predicted molar refractivity (Wildman–Crippen MR) is 73.1 cm³/mol.